The highest BCUT2D eigenvalue weighted by Crippen LogP contribution is 2.34. The summed E-state index contributed by atoms with van der Waals surface area (Å²) in [6.45, 7) is 0. The lowest BCUT2D eigenvalue weighted by molar-refractivity contribution is -0.116. The Morgan fingerprint density at radius 2 is 1.71 bits per heavy atom. The summed E-state index contributed by atoms with van der Waals surface area (Å²) in [5, 5.41) is 2.82. The van der Waals surface area contributed by atoms with Gasteiger partial charge in [0, 0.05) is 12.1 Å². The Kier molecular flexibility index (Phi) is 3.76. The molecule has 0 fully saturated rings. The first-order valence-corrected chi connectivity index (χ1v) is 7.48. The van der Waals surface area contributed by atoms with Gasteiger partial charge in [0.2, 0.25) is 5.91 Å². The van der Waals surface area contributed by atoms with Gasteiger partial charge in [0.1, 0.15) is 0 Å². The van der Waals surface area contributed by atoms with Crippen LogP contribution in [0.25, 0.3) is 0 Å². The number of amides is 1. The van der Waals surface area contributed by atoms with E-state index in [1.54, 1.807) is 6.07 Å². The van der Waals surface area contributed by atoms with E-state index in [4.69, 9.17) is 0 Å². The fourth-order valence-corrected chi connectivity index (χ4v) is 2.99. The maximum atomic E-state index is 13.3. The van der Waals surface area contributed by atoms with Gasteiger partial charge in [-0.3, -0.25) is 4.79 Å². The number of alkyl halides is 1. The molecule has 0 saturated heterocycles. The van der Waals surface area contributed by atoms with E-state index in [9.17, 15) is 13.6 Å². The Morgan fingerprint density at radius 1 is 1.00 bits per heavy atom. The van der Waals surface area contributed by atoms with Gasteiger partial charge in [-0.1, -0.05) is 34.1 Å². The van der Waals surface area contributed by atoms with E-state index in [1.165, 1.54) is 6.07 Å². The summed E-state index contributed by atoms with van der Waals surface area (Å²) in [4.78, 5) is 11.1. The van der Waals surface area contributed by atoms with Crippen molar-refractivity contribution in [1.82, 2.24) is 0 Å². The summed E-state index contributed by atoms with van der Waals surface area (Å²) in [6, 6.07) is 9.56. The minimum Gasteiger partial charge on any atom is -0.326 e. The summed E-state index contributed by atoms with van der Waals surface area (Å²) in [7, 11) is 0. The van der Waals surface area contributed by atoms with Crippen LogP contribution in [0.15, 0.2) is 36.4 Å². The lowest BCUT2D eigenvalue weighted by Gasteiger charge is -2.19. The minimum atomic E-state index is -0.859. The second-order valence-corrected chi connectivity index (χ2v) is 5.92. The molecule has 0 spiro atoms. The van der Waals surface area contributed by atoms with Crippen molar-refractivity contribution in [2.45, 2.75) is 17.7 Å². The van der Waals surface area contributed by atoms with Crippen LogP contribution in [0, 0.1) is 11.6 Å². The van der Waals surface area contributed by atoms with Crippen molar-refractivity contribution in [3.05, 3.63) is 64.7 Å². The van der Waals surface area contributed by atoms with Gasteiger partial charge in [0.15, 0.2) is 11.6 Å². The molecule has 1 aliphatic rings. The zero-order valence-corrected chi connectivity index (χ0v) is 12.6. The zero-order chi connectivity index (χ0) is 15.0. The van der Waals surface area contributed by atoms with Crippen LogP contribution in [0.2, 0.25) is 0 Å². The monoisotopic (exact) mass is 351 g/mol. The van der Waals surface area contributed by atoms with E-state index in [-0.39, 0.29) is 10.7 Å². The Balaban J connectivity index is 1.93. The van der Waals surface area contributed by atoms with Crippen molar-refractivity contribution >= 4 is 27.5 Å². The number of halogens is 3. The van der Waals surface area contributed by atoms with Crippen LogP contribution in [0.4, 0.5) is 14.5 Å². The largest absolute Gasteiger partial charge is 0.326 e. The molecule has 0 aliphatic carbocycles. The van der Waals surface area contributed by atoms with Crippen molar-refractivity contribution in [2.24, 2.45) is 0 Å². The van der Waals surface area contributed by atoms with E-state index in [1.807, 2.05) is 18.2 Å². The third kappa shape index (κ3) is 2.83. The number of carbonyl (C=O) groups excluding carboxylic acids is 1. The first kappa shape index (κ1) is 14.2. The summed E-state index contributed by atoms with van der Waals surface area (Å²) < 4.78 is 26.3. The number of hydrogen-bond acceptors (Lipinski definition) is 1. The van der Waals surface area contributed by atoms with Gasteiger partial charge >= 0.3 is 0 Å². The van der Waals surface area contributed by atoms with Gasteiger partial charge < -0.3 is 5.32 Å². The topological polar surface area (TPSA) is 29.1 Å². The van der Waals surface area contributed by atoms with Gasteiger partial charge in [-0.15, -0.1) is 0 Å². The number of carbonyl (C=O) groups is 1. The lowest BCUT2D eigenvalue weighted by atomic mass is 9.97. The molecule has 1 aliphatic heterocycles. The molecule has 5 heteroatoms. The Hall–Kier alpha value is -1.75. The molecular formula is C16H12BrF2NO. The van der Waals surface area contributed by atoms with Gasteiger partial charge in [0.05, 0.1) is 4.83 Å². The zero-order valence-electron chi connectivity index (χ0n) is 11.0. The normalized spacial score (nSPS) is 15.3. The third-order valence-electron chi connectivity index (χ3n) is 3.55. The fourth-order valence-electron chi connectivity index (χ4n) is 2.42. The average molecular weight is 352 g/mol. The molecule has 108 valence electrons. The molecule has 3 rings (SSSR count). The summed E-state index contributed by atoms with van der Waals surface area (Å²) in [6.07, 6.45) is 1.15. The smallest absolute Gasteiger partial charge is 0.224 e. The van der Waals surface area contributed by atoms with Crippen LogP contribution < -0.4 is 5.32 Å². The standard InChI is InChI=1S/C16H12BrF2NO/c17-16(11-1-4-12(18)13(19)8-11)10-2-5-14-9(7-10)3-6-15(21)20-14/h1-2,4-5,7-8,16H,3,6H2,(H,20,21). The van der Waals surface area contributed by atoms with Crippen molar-refractivity contribution in [3.63, 3.8) is 0 Å². The van der Waals surface area contributed by atoms with Crippen molar-refractivity contribution in [3.8, 4) is 0 Å². The third-order valence-corrected chi connectivity index (χ3v) is 4.61. The van der Waals surface area contributed by atoms with Crippen LogP contribution in [0.1, 0.15) is 27.9 Å². The Labute approximate surface area is 129 Å². The molecule has 1 N–H and O–H groups in total. The molecule has 2 nitrogen and oxygen atoms in total. The average Bonchev–Trinajstić information content (AvgIpc) is 2.49. The molecule has 1 heterocycles. The van der Waals surface area contributed by atoms with E-state index >= 15 is 0 Å². The molecule has 1 amide bonds. The molecule has 2 aromatic carbocycles. The van der Waals surface area contributed by atoms with Crippen LogP contribution in [0.5, 0.6) is 0 Å². The maximum absolute atomic E-state index is 13.3. The van der Waals surface area contributed by atoms with Crippen LogP contribution >= 0.6 is 15.9 Å². The molecule has 1 unspecified atom stereocenters. The highest BCUT2D eigenvalue weighted by Gasteiger charge is 2.18. The van der Waals surface area contributed by atoms with E-state index in [2.05, 4.69) is 21.2 Å². The number of benzene rings is 2. The quantitative estimate of drug-likeness (QED) is 0.801. The van der Waals surface area contributed by atoms with Gasteiger partial charge in [-0.25, -0.2) is 8.78 Å². The molecule has 0 bridgehead atoms. The van der Waals surface area contributed by atoms with Crippen LogP contribution in [-0.4, -0.2) is 5.91 Å². The van der Waals surface area contributed by atoms with Gasteiger partial charge in [0.25, 0.3) is 0 Å². The number of anilines is 1. The first-order valence-electron chi connectivity index (χ1n) is 6.56. The van der Waals surface area contributed by atoms with Crippen molar-refractivity contribution < 1.29 is 13.6 Å². The second-order valence-electron chi connectivity index (χ2n) is 5.00. The van der Waals surface area contributed by atoms with Crippen molar-refractivity contribution in [1.29, 1.82) is 0 Å². The predicted octanol–water partition coefficient (Wildman–Crippen LogP) is 4.33. The van der Waals surface area contributed by atoms with Gasteiger partial charge in [-0.2, -0.15) is 0 Å². The van der Waals surface area contributed by atoms with Crippen LogP contribution in [0.3, 0.4) is 0 Å². The Morgan fingerprint density at radius 3 is 2.48 bits per heavy atom. The number of rotatable bonds is 2. The molecule has 0 aromatic heterocycles. The first-order chi connectivity index (χ1) is 10.0. The Bertz CT molecular complexity index is 717. The summed E-state index contributed by atoms with van der Waals surface area (Å²) in [5.41, 5.74) is 3.46. The van der Waals surface area contributed by atoms with Gasteiger partial charge in [-0.05, 0) is 41.3 Å². The minimum absolute atomic E-state index is 0.0197. The maximum Gasteiger partial charge on any atom is 0.224 e. The van der Waals surface area contributed by atoms with E-state index in [0.717, 1.165) is 22.9 Å². The molecule has 0 radical (unpaired) electrons. The highest BCUT2D eigenvalue weighted by atomic mass is 79.9. The van der Waals surface area contributed by atoms with E-state index in [0.29, 0.717) is 18.4 Å². The fraction of sp³-hybridized carbons (Fsp3) is 0.188. The molecule has 2 aromatic rings. The summed E-state index contributed by atoms with van der Waals surface area (Å²) >= 11 is 3.52. The highest BCUT2D eigenvalue weighted by molar-refractivity contribution is 9.09. The lowest BCUT2D eigenvalue weighted by Crippen LogP contribution is -2.19. The van der Waals surface area contributed by atoms with E-state index < -0.39 is 11.6 Å². The molecule has 1 atom stereocenters. The number of nitrogens with one attached hydrogen (secondary N) is 1. The SMILES string of the molecule is O=C1CCc2cc(C(Br)c3ccc(F)c(F)c3)ccc2N1. The van der Waals surface area contributed by atoms with Crippen molar-refractivity contribution in [2.75, 3.05) is 5.32 Å². The number of aryl methyl sites for hydroxylation is 1. The molecular weight excluding hydrogens is 340 g/mol. The second kappa shape index (κ2) is 5.56. The molecule has 0 saturated carbocycles. The number of fused-ring (bicyclic) bond motifs is 1. The number of hydrogen-bond donors (Lipinski definition) is 1. The predicted molar refractivity (Wildman–Crippen MR) is 80.5 cm³/mol. The molecule has 21 heavy (non-hydrogen) atoms. The summed E-state index contributed by atoms with van der Waals surface area (Å²) in [5.74, 6) is -1.69. The van der Waals surface area contributed by atoms with Crippen LogP contribution in [-0.2, 0) is 11.2 Å².